The monoisotopic (exact) mass is 278 g/mol. The van der Waals surface area contributed by atoms with Crippen LogP contribution in [0.5, 0.6) is 0 Å². The van der Waals surface area contributed by atoms with E-state index in [-0.39, 0.29) is 36.1 Å². The highest BCUT2D eigenvalue weighted by Crippen LogP contribution is 2.48. The van der Waals surface area contributed by atoms with Crippen molar-refractivity contribution in [3.05, 3.63) is 34.9 Å². The van der Waals surface area contributed by atoms with Crippen molar-refractivity contribution in [1.82, 2.24) is 0 Å². The summed E-state index contributed by atoms with van der Waals surface area (Å²) in [6.07, 6.45) is 2.71. The maximum atomic E-state index is 11.8. The molecule has 2 aliphatic carbocycles. The first-order chi connectivity index (χ1) is 9.15. The van der Waals surface area contributed by atoms with Gasteiger partial charge in [-0.3, -0.25) is 9.59 Å². The summed E-state index contributed by atoms with van der Waals surface area (Å²) in [7, 11) is 0. The highest BCUT2D eigenvalue weighted by molar-refractivity contribution is 6.30. The van der Waals surface area contributed by atoms with Gasteiger partial charge in [-0.15, -0.1) is 0 Å². The minimum Gasteiger partial charge on any atom is -0.457 e. The molecule has 0 N–H and O–H groups in total. The van der Waals surface area contributed by atoms with Gasteiger partial charge in [-0.25, -0.2) is 0 Å². The molecule has 0 aliphatic heterocycles. The van der Waals surface area contributed by atoms with Crippen molar-refractivity contribution in [2.45, 2.75) is 25.2 Å². The van der Waals surface area contributed by atoms with E-state index in [1.54, 1.807) is 0 Å². The Balaban J connectivity index is 1.49. The average molecular weight is 279 g/mol. The lowest BCUT2D eigenvalue weighted by molar-refractivity contribution is -0.149. The minimum atomic E-state index is -0.242. The zero-order chi connectivity index (χ0) is 13.4. The summed E-state index contributed by atoms with van der Waals surface area (Å²) in [6, 6.07) is 7.54. The quantitative estimate of drug-likeness (QED) is 0.778. The van der Waals surface area contributed by atoms with E-state index in [2.05, 4.69) is 0 Å². The summed E-state index contributed by atoms with van der Waals surface area (Å²) in [5.74, 6) is 0.110. The molecule has 0 unspecified atom stereocenters. The van der Waals surface area contributed by atoms with Gasteiger partial charge < -0.3 is 4.74 Å². The average Bonchev–Trinajstić information content (AvgIpc) is 3.28. The van der Waals surface area contributed by atoms with Crippen LogP contribution in [0, 0.1) is 11.8 Å². The van der Waals surface area contributed by atoms with E-state index in [9.17, 15) is 9.59 Å². The predicted molar refractivity (Wildman–Crippen MR) is 71.0 cm³/mol. The van der Waals surface area contributed by atoms with Crippen molar-refractivity contribution in [3.8, 4) is 0 Å². The SMILES string of the molecule is O=C(COC(=O)[C@@H]1C[C@H]1c1ccc(Cl)cc1)C1CC1. The van der Waals surface area contributed by atoms with Crippen molar-refractivity contribution in [2.24, 2.45) is 11.8 Å². The lowest BCUT2D eigenvalue weighted by Crippen LogP contribution is -2.16. The van der Waals surface area contributed by atoms with Crippen LogP contribution in [-0.4, -0.2) is 18.4 Å². The second-order valence-corrected chi connectivity index (χ2v) is 5.78. The minimum absolute atomic E-state index is 0.0483. The van der Waals surface area contributed by atoms with E-state index < -0.39 is 0 Å². The number of carbonyl (C=O) groups is 2. The number of ether oxygens (including phenoxy) is 1. The van der Waals surface area contributed by atoms with Crippen LogP contribution in [0.4, 0.5) is 0 Å². The van der Waals surface area contributed by atoms with E-state index in [4.69, 9.17) is 16.3 Å². The summed E-state index contributed by atoms with van der Waals surface area (Å²) in [5.41, 5.74) is 1.11. The van der Waals surface area contributed by atoms with Crippen molar-refractivity contribution in [2.75, 3.05) is 6.61 Å². The third-order valence-electron chi connectivity index (χ3n) is 3.78. The lowest BCUT2D eigenvalue weighted by atomic mass is 10.1. The van der Waals surface area contributed by atoms with Gasteiger partial charge in [0.2, 0.25) is 0 Å². The Hall–Kier alpha value is -1.35. The molecule has 1 aromatic carbocycles. The van der Waals surface area contributed by atoms with Gasteiger partial charge in [-0.05, 0) is 42.9 Å². The molecule has 1 aromatic rings. The molecule has 0 aromatic heterocycles. The normalized spacial score (nSPS) is 24.9. The molecule has 0 saturated heterocycles. The van der Waals surface area contributed by atoms with Crippen LogP contribution >= 0.6 is 11.6 Å². The molecule has 2 aliphatic rings. The highest BCUT2D eigenvalue weighted by atomic mass is 35.5. The molecule has 3 rings (SSSR count). The number of halogens is 1. The van der Waals surface area contributed by atoms with Crippen molar-refractivity contribution in [3.63, 3.8) is 0 Å². The van der Waals surface area contributed by atoms with Crippen LogP contribution in [0.25, 0.3) is 0 Å². The molecule has 2 atom stereocenters. The van der Waals surface area contributed by atoms with Gasteiger partial charge in [-0.2, -0.15) is 0 Å². The molecule has 0 heterocycles. The number of ketones is 1. The van der Waals surface area contributed by atoms with Crippen LogP contribution in [0.1, 0.15) is 30.7 Å². The Kier molecular flexibility index (Phi) is 3.31. The van der Waals surface area contributed by atoms with Crippen molar-refractivity contribution < 1.29 is 14.3 Å². The molecule has 2 fully saturated rings. The van der Waals surface area contributed by atoms with E-state index in [1.165, 1.54) is 0 Å². The van der Waals surface area contributed by atoms with Crippen molar-refractivity contribution in [1.29, 1.82) is 0 Å². The third kappa shape index (κ3) is 2.98. The predicted octanol–water partition coefficient (Wildman–Crippen LogP) is 2.97. The smallest absolute Gasteiger partial charge is 0.310 e. The Bertz CT molecular complexity index is 505. The number of Topliss-reactive ketones (excluding diaryl/α,β-unsaturated/α-hetero) is 1. The molecule has 3 nitrogen and oxygen atoms in total. The zero-order valence-corrected chi connectivity index (χ0v) is 11.2. The standard InChI is InChI=1S/C15H15ClO3/c16-11-5-3-9(4-6-11)12-7-13(12)15(18)19-8-14(17)10-1-2-10/h3-6,10,12-13H,1-2,7-8H2/t12-,13+/m0/s1. The van der Waals surface area contributed by atoms with Gasteiger partial charge >= 0.3 is 5.97 Å². The summed E-state index contributed by atoms with van der Waals surface area (Å²) < 4.78 is 5.09. The molecule has 2 saturated carbocycles. The maximum Gasteiger partial charge on any atom is 0.310 e. The number of benzene rings is 1. The maximum absolute atomic E-state index is 11.8. The van der Waals surface area contributed by atoms with Gasteiger partial charge in [0.05, 0.1) is 5.92 Å². The fourth-order valence-electron chi connectivity index (χ4n) is 2.31. The number of rotatable bonds is 5. The van der Waals surface area contributed by atoms with E-state index in [0.29, 0.717) is 5.02 Å². The number of carbonyl (C=O) groups excluding carboxylic acids is 2. The van der Waals surface area contributed by atoms with Crippen LogP contribution < -0.4 is 0 Å². The third-order valence-corrected chi connectivity index (χ3v) is 4.03. The summed E-state index contributed by atoms with van der Waals surface area (Å²) in [4.78, 5) is 23.3. The molecule has 19 heavy (non-hydrogen) atoms. The highest BCUT2D eigenvalue weighted by Gasteiger charge is 2.45. The van der Waals surface area contributed by atoms with E-state index in [0.717, 1.165) is 24.8 Å². The largest absolute Gasteiger partial charge is 0.457 e. The van der Waals surface area contributed by atoms with E-state index in [1.807, 2.05) is 24.3 Å². The van der Waals surface area contributed by atoms with Crippen LogP contribution in [0.2, 0.25) is 5.02 Å². The first kappa shape index (κ1) is 12.7. The Labute approximate surface area is 116 Å². The first-order valence-electron chi connectivity index (χ1n) is 6.60. The summed E-state index contributed by atoms with van der Waals surface area (Å²) in [6.45, 7) is -0.0483. The van der Waals surface area contributed by atoms with E-state index >= 15 is 0 Å². The number of hydrogen-bond donors (Lipinski definition) is 0. The molecule has 0 amide bonds. The molecule has 0 radical (unpaired) electrons. The lowest BCUT2D eigenvalue weighted by Gasteiger charge is -2.03. The van der Waals surface area contributed by atoms with Crippen molar-refractivity contribution >= 4 is 23.4 Å². The van der Waals surface area contributed by atoms with Gasteiger partial charge in [0.1, 0.15) is 6.61 Å². The number of esters is 1. The zero-order valence-electron chi connectivity index (χ0n) is 10.5. The van der Waals surface area contributed by atoms with Gasteiger partial charge in [0.25, 0.3) is 0 Å². The topological polar surface area (TPSA) is 43.4 Å². The Morgan fingerprint density at radius 3 is 2.53 bits per heavy atom. The fraction of sp³-hybridized carbons (Fsp3) is 0.467. The Morgan fingerprint density at radius 1 is 1.21 bits per heavy atom. The molecule has 0 bridgehead atoms. The van der Waals surface area contributed by atoms with Gasteiger partial charge in [-0.1, -0.05) is 23.7 Å². The fourth-order valence-corrected chi connectivity index (χ4v) is 2.43. The molecule has 100 valence electrons. The molecular weight excluding hydrogens is 264 g/mol. The molecule has 0 spiro atoms. The molecule has 4 heteroatoms. The van der Waals surface area contributed by atoms with Crippen LogP contribution in [0.15, 0.2) is 24.3 Å². The second kappa shape index (κ2) is 4.97. The van der Waals surface area contributed by atoms with Crippen LogP contribution in [-0.2, 0) is 14.3 Å². The van der Waals surface area contributed by atoms with Crippen LogP contribution in [0.3, 0.4) is 0 Å². The second-order valence-electron chi connectivity index (χ2n) is 5.35. The summed E-state index contributed by atoms with van der Waals surface area (Å²) >= 11 is 5.83. The van der Waals surface area contributed by atoms with Gasteiger partial charge in [0.15, 0.2) is 5.78 Å². The first-order valence-corrected chi connectivity index (χ1v) is 6.98. The number of hydrogen-bond acceptors (Lipinski definition) is 3. The van der Waals surface area contributed by atoms with Gasteiger partial charge in [0, 0.05) is 10.9 Å². The summed E-state index contributed by atoms with van der Waals surface area (Å²) in [5, 5.41) is 0.693. The Morgan fingerprint density at radius 2 is 1.89 bits per heavy atom. The molecular formula is C15H15ClO3.